The molecule has 6 heteroatoms. The maximum Gasteiger partial charge on any atom is 0.381 e. The average Bonchev–Trinajstić information content (AvgIpc) is 2.66. The summed E-state index contributed by atoms with van der Waals surface area (Å²) in [6.45, 7) is 2.04. The van der Waals surface area contributed by atoms with Crippen LogP contribution >= 0.6 is 0 Å². The topological polar surface area (TPSA) is 64.2 Å². The maximum atomic E-state index is 10.5. The minimum atomic E-state index is -0.455. The molecule has 2 heterocycles. The molecule has 0 aliphatic carbocycles. The standard InChI is InChI=1S/C9H14N4O2/c1-11-4-2-3-8(5-11)12-6-9(10-7-12)13(14)15/h6-8H,2-5H2,1H3. The molecule has 0 N–H and O–H groups in total. The van der Waals surface area contributed by atoms with Gasteiger partial charge >= 0.3 is 5.82 Å². The van der Waals surface area contributed by atoms with Gasteiger partial charge in [-0.3, -0.25) is 0 Å². The first-order valence-corrected chi connectivity index (χ1v) is 5.03. The number of hydrogen-bond acceptors (Lipinski definition) is 4. The number of imidazole rings is 1. The monoisotopic (exact) mass is 210 g/mol. The third-order valence-electron chi connectivity index (χ3n) is 2.80. The van der Waals surface area contributed by atoms with Crippen molar-refractivity contribution in [2.24, 2.45) is 0 Å². The van der Waals surface area contributed by atoms with Gasteiger partial charge in [0.15, 0.2) is 0 Å². The van der Waals surface area contributed by atoms with Crippen LogP contribution in [-0.2, 0) is 0 Å². The van der Waals surface area contributed by atoms with Gasteiger partial charge < -0.3 is 19.6 Å². The van der Waals surface area contributed by atoms with Crippen molar-refractivity contribution in [1.82, 2.24) is 14.5 Å². The highest BCUT2D eigenvalue weighted by atomic mass is 16.6. The number of likely N-dealkylation sites (tertiary alicyclic amines) is 1. The number of rotatable bonds is 2. The Hall–Kier alpha value is -1.43. The van der Waals surface area contributed by atoms with Crippen LogP contribution in [0.2, 0.25) is 0 Å². The Bertz CT molecular complexity index is 363. The molecule has 0 aromatic carbocycles. The summed E-state index contributed by atoms with van der Waals surface area (Å²) in [5.74, 6) is -0.0665. The van der Waals surface area contributed by atoms with Gasteiger partial charge in [-0.25, -0.2) is 0 Å². The molecule has 2 rings (SSSR count). The molecule has 0 spiro atoms. The minimum absolute atomic E-state index is 0.0665. The molecule has 0 saturated carbocycles. The van der Waals surface area contributed by atoms with Gasteiger partial charge in [-0.15, -0.1) is 0 Å². The van der Waals surface area contributed by atoms with E-state index in [1.54, 1.807) is 6.33 Å². The third kappa shape index (κ3) is 2.15. The Morgan fingerprint density at radius 3 is 3.07 bits per heavy atom. The molecule has 0 radical (unpaired) electrons. The lowest BCUT2D eigenvalue weighted by Gasteiger charge is -2.29. The molecule has 1 aliphatic heterocycles. The van der Waals surface area contributed by atoms with Gasteiger partial charge in [0.05, 0.1) is 0 Å². The van der Waals surface area contributed by atoms with Crippen LogP contribution in [0.4, 0.5) is 5.82 Å². The Morgan fingerprint density at radius 2 is 2.47 bits per heavy atom. The van der Waals surface area contributed by atoms with E-state index in [-0.39, 0.29) is 5.82 Å². The first-order valence-electron chi connectivity index (χ1n) is 5.03. The van der Waals surface area contributed by atoms with Crippen molar-refractivity contribution < 1.29 is 4.92 Å². The molecule has 15 heavy (non-hydrogen) atoms. The molecule has 1 atom stereocenters. The molecule has 1 aromatic heterocycles. The van der Waals surface area contributed by atoms with Crippen molar-refractivity contribution >= 4 is 5.82 Å². The molecular weight excluding hydrogens is 196 g/mol. The van der Waals surface area contributed by atoms with Crippen LogP contribution < -0.4 is 0 Å². The molecule has 0 bridgehead atoms. The highest BCUT2D eigenvalue weighted by molar-refractivity contribution is 5.13. The third-order valence-corrected chi connectivity index (χ3v) is 2.80. The van der Waals surface area contributed by atoms with Gasteiger partial charge in [0, 0.05) is 12.6 Å². The zero-order valence-corrected chi connectivity index (χ0v) is 8.67. The van der Waals surface area contributed by atoms with Crippen molar-refractivity contribution in [2.45, 2.75) is 18.9 Å². The van der Waals surface area contributed by atoms with Crippen molar-refractivity contribution in [3.63, 3.8) is 0 Å². The maximum absolute atomic E-state index is 10.5. The second-order valence-corrected chi connectivity index (χ2v) is 3.99. The number of aromatic nitrogens is 2. The van der Waals surface area contributed by atoms with Crippen LogP contribution in [-0.4, -0.2) is 39.5 Å². The van der Waals surface area contributed by atoms with Gasteiger partial charge in [0.25, 0.3) is 0 Å². The molecule has 1 fully saturated rings. The Balaban J connectivity index is 2.11. The Kier molecular flexibility index (Phi) is 2.68. The number of likely N-dealkylation sites (N-methyl/N-ethyl adjacent to an activating group) is 1. The van der Waals surface area contributed by atoms with E-state index in [4.69, 9.17) is 0 Å². The van der Waals surface area contributed by atoms with E-state index in [0.717, 1.165) is 25.9 Å². The van der Waals surface area contributed by atoms with E-state index in [1.807, 2.05) is 4.57 Å². The molecule has 1 saturated heterocycles. The van der Waals surface area contributed by atoms with Crippen LogP contribution in [0.15, 0.2) is 12.5 Å². The van der Waals surface area contributed by atoms with Crippen LogP contribution in [0, 0.1) is 10.1 Å². The number of piperidine rings is 1. The lowest BCUT2D eigenvalue weighted by Crippen LogP contribution is -2.33. The van der Waals surface area contributed by atoms with Gasteiger partial charge in [-0.1, -0.05) is 0 Å². The summed E-state index contributed by atoms with van der Waals surface area (Å²) in [6, 6.07) is 0.324. The highest BCUT2D eigenvalue weighted by Crippen LogP contribution is 2.21. The summed E-state index contributed by atoms with van der Waals surface area (Å²) in [5.41, 5.74) is 0. The van der Waals surface area contributed by atoms with Crippen molar-refractivity contribution in [2.75, 3.05) is 20.1 Å². The molecule has 1 unspecified atom stereocenters. The summed E-state index contributed by atoms with van der Waals surface area (Å²) in [7, 11) is 2.07. The predicted molar refractivity (Wildman–Crippen MR) is 54.6 cm³/mol. The summed E-state index contributed by atoms with van der Waals surface area (Å²) in [4.78, 5) is 16.0. The second-order valence-electron chi connectivity index (χ2n) is 3.99. The molecular formula is C9H14N4O2. The first kappa shape index (κ1) is 10.1. The van der Waals surface area contributed by atoms with Crippen molar-refractivity contribution in [3.8, 4) is 0 Å². The van der Waals surface area contributed by atoms with Crippen molar-refractivity contribution in [1.29, 1.82) is 0 Å². The highest BCUT2D eigenvalue weighted by Gasteiger charge is 2.21. The van der Waals surface area contributed by atoms with Crippen molar-refractivity contribution in [3.05, 3.63) is 22.6 Å². The lowest BCUT2D eigenvalue weighted by atomic mass is 10.1. The largest absolute Gasteiger partial charge is 0.381 e. The summed E-state index contributed by atoms with van der Waals surface area (Å²) < 4.78 is 1.85. The van der Waals surface area contributed by atoms with Crippen LogP contribution in [0.5, 0.6) is 0 Å². The normalized spacial score (nSPS) is 22.9. The second kappa shape index (κ2) is 3.98. The van der Waals surface area contributed by atoms with Gasteiger partial charge in [-0.05, 0) is 36.3 Å². The van der Waals surface area contributed by atoms with E-state index >= 15 is 0 Å². The molecule has 1 aromatic rings. The Labute approximate surface area is 87.7 Å². The van der Waals surface area contributed by atoms with E-state index in [2.05, 4.69) is 16.9 Å². The summed E-state index contributed by atoms with van der Waals surface area (Å²) in [5, 5.41) is 10.5. The zero-order valence-electron chi connectivity index (χ0n) is 8.67. The fraction of sp³-hybridized carbons (Fsp3) is 0.667. The molecule has 0 amide bonds. The first-order chi connectivity index (χ1) is 7.16. The van der Waals surface area contributed by atoms with E-state index in [9.17, 15) is 10.1 Å². The zero-order chi connectivity index (χ0) is 10.8. The Morgan fingerprint density at radius 1 is 1.67 bits per heavy atom. The van der Waals surface area contributed by atoms with Crippen LogP contribution in [0.1, 0.15) is 18.9 Å². The quantitative estimate of drug-likeness (QED) is 0.540. The van der Waals surface area contributed by atoms with E-state index in [0.29, 0.717) is 6.04 Å². The minimum Gasteiger partial charge on any atom is -0.358 e. The van der Waals surface area contributed by atoms with Gasteiger partial charge in [0.1, 0.15) is 6.20 Å². The smallest absolute Gasteiger partial charge is 0.358 e. The number of hydrogen-bond donors (Lipinski definition) is 0. The van der Waals surface area contributed by atoms with Gasteiger partial charge in [0.2, 0.25) is 6.33 Å². The van der Waals surface area contributed by atoms with Crippen LogP contribution in [0.25, 0.3) is 0 Å². The summed E-state index contributed by atoms with van der Waals surface area (Å²) in [6.07, 6.45) is 5.27. The number of nitrogens with zero attached hydrogens (tertiary/aromatic N) is 4. The molecule has 6 nitrogen and oxygen atoms in total. The molecule has 1 aliphatic rings. The van der Waals surface area contributed by atoms with Crippen LogP contribution in [0.3, 0.4) is 0 Å². The lowest BCUT2D eigenvalue weighted by molar-refractivity contribution is -0.389. The van der Waals surface area contributed by atoms with E-state index in [1.165, 1.54) is 6.20 Å². The van der Waals surface area contributed by atoms with E-state index < -0.39 is 4.92 Å². The summed E-state index contributed by atoms with van der Waals surface area (Å²) >= 11 is 0. The average molecular weight is 210 g/mol. The SMILES string of the molecule is CN1CCCC(n2cnc([N+](=O)[O-])c2)C1. The fourth-order valence-corrected chi connectivity index (χ4v) is 2.00. The fourth-order valence-electron chi connectivity index (χ4n) is 2.00. The van der Waals surface area contributed by atoms with Gasteiger partial charge in [-0.2, -0.15) is 0 Å². The predicted octanol–water partition coefficient (Wildman–Crippen LogP) is 1.06. The number of nitro groups is 1. The molecule has 82 valence electrons.